The van der Waals surface area contributed by atoms with Crippen molar-refractivity contribution in [1.29, 1.82) is 0 Å². The van der Waals surface area contributed by atoms with Crippen LogP contribution in [0.2, 0.25) is 0 Å². The van der Waals surface area contributed by atoms with Crippen LogP contribution in [-0.2, 0) is 19.8 Å². The first-order valence-corrected chi connectivity index (χ1v) is 7.01. The van der Waals surface area contributed by atoms with Crippen molar-refractivity contribution in [3.05, 3.63) is 47.9 Å². The summed E-state index contributed by atoms with van der Waals surface area (Å²) in [6.07, 6.45) is -2.80. The second kappa shape index (κ2) is 5.99. The Labute approximate surface area is 135 Å². The van der Waals surface area contributed by atoms with Crippen LogP contribution in [0, 0.1) is 0 Å². The zero-order valence-corrected chi connectivity index (χ0v) is 12.9. The average Bonchev–Trinajstić information content (AvgIpc) is 3.15. The summed E-state index contributed by atoms with van der Waals surface area (Å²) in [6, 6.07) is 8.27. The Balaban J connectivity index is 1.80. The molecule has 0 saturated carbocycles. The second-order valence-electron chi connectivity index (χ2n) is 5.17. The number of benzene rings is 1. The first-order valence-electron chi connectivity index (χ1n) is 7.01. The van der Waals surface area contributed by atoms with Crippen LogP contribution in [0.1, 0.15) is 11.4 Å². The molecule has 126 valence electrons. The van der Waals surface area contributed by atoms with Gasteiger partial charge in [0, 0.05) is 12.6 Å². The molecule has 0 aliphatic heterocycles. The van der Waals surface area contributed by atoms with Gasteiger partial charge in [-0.05, 0) is 30.3 Å². The Morgan fingerprint density at radius 3 is 2.46 bits per heavy atom. The minimum absolute atomic E-state index is 0.142. The fourth-order valence-electron chi connectivity index (χ4n) is 2.23. The molecule has 0 fully saturated rings. The highest BCUT2D eigenvalue weighted by Crippen LogP contribution is 2.28. The topological polar surface area (TPSA) is 57.8 Å². The summed E-state index contributed by atoms with van der Waals surface area (Å²) in [5, 5.41) is 11.5. The Morgan fingerprint density at radius 1 is 1.17 bits per heavy atom. The van der Waals surface area contributed by atoms with E-state index in [-0.39, 0.29) is 6.54 Å². The lowest BCUT2D eigenvalue weighted by Gasteiger charge is -2.01. The number of ether oxygens (including phenoxy) is 1. The molecule has 0 radical (unpaired) electrons. The summed E-state index contributed by atoms with van der Waals surface area (Å²) in [5.74, 6) is 0.723. The lowest BCUT2D eigenvalue weighted by atomic mass is 10.2. The molecule has 1 aromatic carbocycles. The number of alkyl halides is 3. The SMILES string of the molecule is COc1ccc(-c2cn(Cc3cc(C(F)(F)F)nn3C)nn2)cc1. The molecule has 3 rings (SSSR count). The summed E-state index contributed by atoms with van der Waals surface area (Å²) in [4.78, 5) is 0. The van der Waals surface area contributed by atoms with Crippen LogP contribution in [0.15, 0.2) is 36.5 Å². The second-order valence-corrected chi connectivity index (χ2v) is 5.17. The monoisotopic (exact) mass is 337 g/mol. The number of methoxy groups -OCH3 is 1. The van der Waals surface area contributed by atoms with Crippen molar-refractivity contribution >= 4 is 0 Å². The molecular formula is C15H14F3N5O. The number of halogens is 3. The highest BCUT2D eigenvalue weighted by molar-refractivity contribution is 5.58. The molecule has 3 aromatic rings. The third kappa shape index (κ3) is 3.24. The molecule has 0 amide bonds. The van der Waals surface area contributed by atoms with Crippen molar-refractivity contribution in [2.24, 2.45) is 7.05 Å². The quantitative estimate of drug-likeness (QED) is 0.735. The predicted molar refractivity (Wildman–Crippen MR) is 79.3 cm³/mol. The standard InChI is InChI=1S/C15H14F3N5O/c1-22-11(7-14(20-22)15(16,17)18)8-23-9-13(19-21-23)10-3-5-12(24-2)6-4-10/h3-7,9H,8H2,1-2H3. The molecule has 0 aliphatic rings. The van der Waals surface area contributed by atoms with Gasteiger partial charge >= 0.3 is 6.18 Å². The van der Waals surface area contributed by atoms with Crippen LogP contribution in [-0.4, -0.2) is 31.9 Å². The third-order valence-electron chi connectivity index (χ3n) is 3.52. The number of nitrogens with zero attached hydrogens (tertiary/aromatic N) is 5. The molecule has 0 unspecified atom stereocenters. The van der Waals surface area contributed by atoms with Gasteiger partial charge < -0.3 is 4.74 Å². The van der Waals surface area contributed by atoms with Crippen molar-refractivity contribution in [2.45, 2.75) is 12.7 Å². The summed E-state index contributed by atoms with van der Waals surface area (Å²) < 4.78 is 45.8. The smallest absolute Gasteiger partial charge is 0.435 e. The van der Waals surface area contributed by atoms with Gasteiger partial charge in [-0.3, -0.25) is 4.68 Å². The van der Waals surface area contributed by atoms with E-state index in [4.69, 9.17) is 4.74 Å². The number of aromatic nitrogens is 5. The molecule has 9 heteroatoms. The molecule has 0 N–H and O–H groups in total. The number of rotatable bonds is 4. The molecule has 0 atom stereocenters. The molecule has 2 heterocycles. The maximum absolute atomic E-state index is 12.7. The Kier molecular flexibility index (Phi) is 4.00. The summed E-state index contributed by atoms with van der Waals surface area (Å²) in [5.41, 5.74) is 0.919. The summed E-state index contributed by atoms with van der Waals surface area (Å²) in [7, 11) is 3.04. The van der Waals surface area contributed by atoms with E-state index in [0.29, 0.717) is 11.4 Å². The first kappa shape index (κ1) is 16.0. The third-order valence-corrected chi connectivity index (χ3v) is 3.52. The van der Waals surface area contributed by atoms with E-state index in [1.807, 2.05) is 12.1 Å². The minimum atomic E-state index is -4.47. The fraction of sp³-hybridized carbons (Fsp3) is 0.267. The Hall–Kier alpha value is -2.84. The van der Waals surface area contributed by atoms with Crippen molar-refractivity contribution in [3.63, 3.8) is 0 Å². The van der Waals surface area contributed by atoms with Gasteiger partial charge in [0.05, 0.1) is 25.5 Å². The highest BCUT2D eigenvalue weighted by atomic mass is 19.4. The Bertz CT molecular complexity index is 836. The van der Waals surface area contributed by atoms with Gasteiger partial charge in [0.15, 0.2) is 5.69 Å². The van der Waals surface area contributed by atoms with Gasteiger partial charge in [-0.2, -0.15) is 18.3 Å². The lowest BCUT2D eigenvalue weighted by molar-refractivity contribution is -0.141. The maximum Gasteiger partial charge on any atom is 0.435 e. The van der Waals surface area contributed by atoms with Crippen LogP contribution in [0.3, 0.4) is 0 Å². The maximum atomic E-state index is 12.7. The van der Waals surface area contributed by atoms with Crippen molar-refractivity contribution in [2.75, 3.05) is 7.11 Å². The van der Waals surface area contributed by atoms with E-state index in [1.165, 1.54) is 16.4 Å². The zero-order valence-electron chi connectivity index (χ0n) is 12.9. The lowest BCUT2D eigenvalue weighted by Crippen LogP contribution is -2.07. The van der Waals surface area contributed by atoms with E-state index in [2.05, 4.69) is 15.4 Å². The molecule has 24 heavy (non-hydrogen) atoms. The van der Waals surface area contributed by atoms with E-state index in [1.54, 1.807) is 25.4 Å². The molecule has 0 aliphatic carbocycles. The number of aryl methyl sites for hydroxylation is 1. The molecule has 2 aromatic heterocycles. The van der Waals surface area contributed by atoms with Crippen molar-refractivity contribution in [3.8, 4) is 17.0 Å². The largest absolute Gasteiger partial charge is 0.497 e. The van der Waals surface area contributed by atoms with Gasteiger partial charge in [-0.25, -0.2) is 4.68 Å². The number of hydrogen-bond donors (Lipinski definition) is 0. The van der Waals surface area contributed by atoms with E-state index in [0.717, 1.165) is 17.4 Å². The predicted octanol–water partition coefficient (Wildman–Crippen LogP) is 2.75. The summed E-state index contributed by atoms with van der Waals surface area (Å²) >= 11 is 0. The van der Waals surface area contributed by atoms with E-state index < -0.39 is 11.9 Å². The van der Waals surface area contributed by atoms with Crippen LogP contribution >= 0.6 is 0 Å². The normalized spacial score (nSPS) is 11.7. The van der Waals surface area contributed by atoms with Gasteiger partial charge in [0.2, 0.25) is 0 Å². The van der Waals surface area contributed by atoms with Crippen LogP contribution in [0.5, 0.6) is 5.75 Å². The van der Waals surface area contributed by atoms with E-state index in [9.17, 15) is 13.2 Å². The molecule has 0 saturated heterocycles. The van der Waals surface area contributed by atoms with Gasteiger partial charge in [0.25, 0.3) is 0 Å². The van der Waals surface area contributed by atoms with E-state index >= 15 is 0 Å². The van der Waals surface area contributed by atoms with Gasteiger partial charge in [-0.1, -0.05) is 5.21 Å². The zero-order chi connectivity index (χ0) is 17.3. The Morgan fingerprint density at radius 2 is 1.88 bits per heavy atom. The van der Waals surface area contributed by atoms with Crippen LogP contribution in [0.25, 0.3) is 11.3 Å². The number of hydrogen-bond acceptors (Lipinski definition) is 4. The van der Waals surface area contributed by atoms with Crippen LogP contribution < -0.4 is 4.74 Å². The van der Waals surface area contributed by atoms with Gasteiger partial charge in [-0.15, -0.1) is 5.10 Å². The average molecular weight is 337 g/mol. The minimum Gasteiger partial charge on any atom is -0.497 e. The first-order chi connectivity index (χ1) is 11.4. The van der Waals surface area contributed by atoms with Crippen molar-refractivity contribution < 1.29 is 17.9 Å². The highest BCUT2D eigenvalue weighted by Gasteiger charge is 2.34. The molecule has 0 bridgehead atoms. The molecule has 6 nitrogen and oxygen atoms in total. The molecule has 0 spiro atoms. The summed E-state index contributed by atoms with van der Waals surface area (Å²) in [6.45, 7) is 0.142. The molecular weight excluding hydrogens is 323 g/mol. The fourth-order valence-corrected chi connectivity index (χ4v) is 2.23. The van der Waals surface area contributed by atoms with Crippen LogP contribution in [0.4, 0.5) is 13.2 Å². The van der Waals surface area contributed by atoms with Crippen molar-refractivity contribution in [1.82, 2.24) is 24.8 Å². The van der Waals surface area contributed by atoms with Gasteiger partial charge in [0.1, 0.15) is 11.4 Å².